The molecule has 11 aromatic rings. The van der Waals surface area contributed by atoms with Gasteiger partial charge in [-0.2, -0.15) is 0 Å². The average molecular weight is 727 g/mol. The monoisotopic (exact) mass is 726 g/mol. The van der Waals surface area contributed by atoms with Gasteiger partial charge >= 0.3 is 0 Å². The Hall–Kier alpha value is -7.62. The first-order chi connectivity index (χ1) is 28.2. The second-order valence-corrected chi connectivity index (χ2v) is 15.0. The van der Waals surface area contributed by atoms with E-state index in [0.29, 0.717) is 0 Å². The van der Waals surface area contributed by atoms with E-state index in [1.165, 1.54) is 59.7 Å². The molecule has 0 aliphatic carbocycles. The molecule has 3 nitrogen and oxygen atoms in total. The lowest BCUT2D eigenvalue weighted by Crippen LogP contribution is -2.11. The van der Waals surface area contributed by atoms with Gasteiger partial charge in [0.25, 0.3) is 0 Å². The molecule has 0 N–H and O–H groups in total. The Morgan fingerprint density at radius 1 is 0.421 bits per heavy atom. The van der Waals surface area contributed by atoms with Crippen molar-refractivity contribution in [1.82, 2.24) is 4.57 Å². The predicted molar refractivity (Wildman–Crippen MR) is 242 cm³/mol. The summed E-state index contributed by atoms with van der Waals surface area (Å²) in [6, 6.07) is 61.5. The molecular formula is C54H34N2O. The van der Waals surface area contributed by atoms with Crippen molar-refractivity contribution in [3.63, 3.8) is 0 Å². The minimum absolute atomic E-state index is 0.835. The molecule has 0 fully saturated rings. The highest BCUT2D eigenvalue weighted by atomic mass is 16.3. The number of nitrogens with zero attached hydrogens (tertiary/aromatic N) is 2. The summed E-state index contributed by atoms with van der Waals surface area (Å²) in [7, 11) is 0. The summed E-state index contributed by atoms with van der Waals surface area (Å²) < 4.78 is 9.15. The first-order valence-corrected chi connectivity index (χ1v) is 19.4. The maximum Gasteiger partial charge on any atom is 0.145 e. The number of aromatic nitrogens is 1. The molecule has 0 atom stereocenters. The zero-order chi connectivity index (χ0) is 37.6. The Balaban J connectivity index is 1.00. The van der Waals surface area contributed by atoms with Crippen molar-refractivity contribution in [2.24, 2.45) is 0 Å². The standard InChI is InChI=1S/C54H34N2O/c1-34-13-10-11-30-55(37-15-12-14-35(31-37)36-24-26-43-41-18-3-2-16-39(41)40-17-4-5-19-42(40)47(43)32-36)51-28-27-46-48-33-38(25-29-52(48)57-54(46)53(34)51)56-49-22-8-6-20-44(49)45-21-7-9-23-50(45)56/h2-33H,1H2/b13-10-,30-11-. The quantitative estimate of drug-likeness (QED) is 0.169. The highest BCUT2D eigenvalue weighted by molar-refractivity contribution is 6.25. The van der Waals surface area contributed by atoms with E-state index in [2.05, 4.69) is 210 Å². The Morgan fingerprint density at radius 3 is 1.75 bits per heavy atom. The van der Waals surface area contributed by atoms with Crippen molar-refractivity contribution in [3.05, 3.63) is 206 Å². The molecule has 12 rings (SSSR count). The van der Waals surface area contributed by atoms with Crippen LogP contribution in [0, 0.1) is 0 Å². The van der Waals surface area contributed by atoms with E-state index in [1.54, 1.807) is 0 Å². The van der Waals surface area contributed by atoms with Gasteiger partial charge in [0.15, 0.2) is 0 Å². The van der Waals surface area contributed by atoms with Crippen molar-refractivity contribution >= 4 is 93.0 Å². The summed E-state index contributed by atoms with van der Waals surface area (Å²) in [5.74, 6) is 0. The maximum atomic E-state index is 6.79. The van der Waals surface area contributed by atoms with E-state index >= 15 is 0 Å². The van der Waals surface area contributed by atoms with E-state index in [9.17, 15) is 0 Å². The second kappa shape index (κ2) is 12.2. The minimum atomic E-state index is 0.835. The maximum absolute atomic E-state index is 6.79. The van der Waals surface area contributed by atoms with Gasteiger partial charge in [0.1, 0.15) is 11.2 Å². The van der Waals surface area contributed by atoms with Gasteiger partial charge in [-0.3, -0.25) is 0 Å². The molecule has 9 aromatic carbocycles. The first-order valence-electron chi connectivity index (χ1n) is 19.4. The minimum Gasteiger partial charge on any atom is -0.455 e. The van der Waals surface area contributed by atoms with Crippen LogP contribution in [0.25, 0.3) is 98.4 Å². The van der Waals surface area contributed by atoms with Crippen molar-refractivity contribution in [2.45, 2.75) is 0 Å². The summed E-state index contributed by atoms with van der Waals surface area (Å²) in [4.78, 5) is 2.26. The van der Waals surface area contributed by atoms with Crippen LogP contribution in [0.15, 0.2) is 205 Å². The lowest BCUT2D eigenvalue weighted by atomic mass is 9.92. The number of hydrogen-bond donors (Lipinski definition) is 0. The number of furan rings is 1. The van der Waals surface area contributed by atoms with Crippen LogP contribution in [0.3, 0.4) is 0 Å². The van der Waals surface area contributed by atoms with Gasteiger partial charge in [0, 0.05) is 44.7 Å². The number of fused-ring (bicyclic) bond motifs is 14. The van der Waals surface area contributed by atoms with Gasteiger partial charge in [-0.1, -0.05) is 128 Å². The van der Waals surface area contributed by atoms with Gasteiger partial charge in [0.2, 0.25) is 0 Å². The normalized spacial score (nSPS) is 14.2. The number of allylic oxidation sites excluding steroid dienone is 4. The molecule has 1 aliphatic heterocycles. The van der Waals surface area contributed by atoms with Crippen LogP contribution in [0.5, 0.6) is 0 Å². The largest absolute Gasteiger partial charge is 0.455 e. The molecule has 0 spiro atoms. The van der Waals surface area contributed by atoms with Crippen molar-refractivity contribution < 1.29 is 4.42 Å². The van der Waals surface area contributed by atoms with Gasteiger partial charge in [-0.25, -0.2) is 0 Å². The van der Waals surface area contributed by atoms with Crippen LogP contribution in [-0.4, -0.2) is 4.57 Å². The molecule has 0 saturated heterocycles. The van der Waals surface area contributed by atoms with Gasteiger partial charge in [-0.15, -0.1) is 0 Å². The molecule has 0 radical (unpaired) electrons. The molecule has 0 amide bonds. The fourth-order valence-corrected chi connectivity index (χ4v) is 9.29. The number of hydrogen-bond acceptors (Lipinski definition) is 2. The third-order valence-corrected chi connectivity index (χ3v) is 11.9. The van der Waals surface area contributed by atoms with Crippen LogP contribution >= 0.6 is 0 Å². The van der Waals surface area contributed by atoms with Crippen LogP contribution < -0.4 is 4.90 Å². The van der Waals surface area contributed by atoms with Gasteiger partial charge < -0.3 is 13.9 Å². The lowest BCUT2D eigenvalue weighted by molar-refractivity contribution is 0.667. The topological polar surface area (TPSA) is 21.3 Å². The predicted octanol–water partition coefficient (Wildman–Crippen LogP) is 15.0. The Kier molecular flexibility index (Phi) is 6.78. The fourth-order valence-electron chi connectivity index (χ4n) is 9.29. The van der Waals surface area contributed by atoms with Crippen molar-refractivity contribution in [2.75, 3.05) is 4.90 Å². The van der Waals surface area contributed by atoms with Crippen LogP contribution in [-0.2, 0) is 0 Å². The van der Waals surface area contributed by atoms with Gasteiger partial charge in [-0.05, 0) is 116 Å². The molecule has 57 heavy (non-hydrogen) atoms. The average Bonchev–Trinajstić information content (AvgIpc) is 3.80. The van der Waals surface area contributed by atoms with Crippen LogP contribution in [0.1, 0.15) is 5.56 Å². The van der Waals surface area contributed by atoms with Crippen LogP contribution in [0.4, 0.5) is 11.4 Å². The van der Waals surface area contributed by atoms with E-state index < -0.39 is 0 Å². The fraction of sp³-hybridized carbons (Fsp3) is 0. The Labute approximate surface area is 328 Å². The molecule has 0 saturated carbocycles. The molecule has 3 heterocycles. The molecule has 0 unspecified atom stereocenters. The third-order valence-electron chi connectivity index (χ3n) is 11.9. The molecule has 266 valence electrons. The van der Waals surface area contributed by atoms with Gasteiger partial charge in [0.05, 0.1) is 16.7 Å². The molecule has 3 heteroatoms. The summed E-state index contributed by atoms with van der Waals surface area (Å²) in [5.41, 5.74) is 11.4. The highest BCUT2D eigenvalue weighted by Gasteiger charge is 2.22. The van der Waals surface area contributed by atoms with Crippen molar-refractivity contribution in [1.29, 1.82) is 0 Å². The Bertz CT molecular complexity index is 3470. The first kappa shape index (κ1) is 31.7. The van der Waals surface area contributed by atoms with E-state index in [1.807, 2.05) is 0 Å². The summed E-state index contributed by atoms with van der Waals surface area (Å²) in [6.45, 7) is 4.56. The third kappa shape index (κ3) is 4.73. The smallest absolute Gasteiger partial charge is 0.145 e. The summed E-state index contributed by atoms with van der Waals surface area (Å²) in [5, 5.41) is 12.3. The summed E-state index contributed by atoms with van der Waals surface area (Å²) >= 11 is 0. The zero-order valence-corrected chi connectivity index (χ0v) is 31.0. The highest BCUT2D eigenvalue weighted by Crippen LogP contribution is 2.44. The number of anilines is 2. The Morgan fingerprint density at radius 2 is 1.04 bits per heavy atom. The number of rotatable bonds is 3. The van der Waals surface area contributed by atoms with E-state index in [4.69, 9.17) is 4.42 Å². The van der Waals surface area contributed by atoms with Crippen LogP contribution in [0.2, 0.25) is 0 Å². The lowest BCUT2D eigenvalue weighted by Gasteiger charge is -2.25. The number of benzene rings is 9. The number of para-hydroxylation sites is 2. The zero-order valence-electron chi connectivity index (χ0n) is 31.0. The molecule has 2 aromatic heterocycles. The second-order valence-electron chi connectivity index (χ2n) is 15.0. The summed E-state index contributed by atoms with van der Waals surface area (Å²) in [6.07, 6.45) is 8.34. The van der Waals surface area contributed by atoms with E-state index in [-0.39, 0.29) is 0 Å². The molecule has 0 bridgehead atoms. The van der Waals surface area contributed by atoms with Crippen molar-refractivity contribution in [3.8, 4) is 16.8 Å². The SMILES string of the molecule is C=C1/C=C\C=C/N(c2cccc(-c3ccc4c5ccccc5c5ccccc5c4c3)c2)c2ccc3c(oc4ccc(-n5c6ccccc6c6ccccc65)cc43)c21. The van der Waals surface area contributed by atoms with E-state index in [0.717, 1.165) is 55.7 Å². The molecular weight excluding hydrogens is 693 g/mol. The molecule has 1 aliphatic rings.